The average molecular weight is 516 g/mol. The fourth-order valence-electron chi connectivity index (χ4n) is 3.54. The van der Waals surface area contributed by atoms with Gasteiger partial charge >= 0.3 is 6.18 Å². The molecule has 2 N–H and O–H groups in total. The summed E-state index contributed by atoms with van der Waals surface area (Å²) in [6, 6.07) is 0.0938. The van der Waals surface area contributed by atoms with E-state index >= 15 is 0 Å². The van der Waals surface area contributed by atoms with Crippen LogP contribution in [0.5, 0.6) is 0 Å². The van der Waals surface area contributed by atoms with E-state index in [1.54, 1.807) is 0 Å². The van der Waals surface area contributed by atoms with Crippen LogP contribution in [0.1, 0.15) is 37.2 Å². The van der Waals surface area contributed by atoms with Crippen molar-refractivity contribution in [1.29, 1.82) is 0 Å². The number of likely N-dealkylation sites (tertiary alicyclic amines) is 1. The largest absolute Gasteiger partial charge is 0.401 e. The Kier molecular flexibility index (Phi) is 9.51. The predicted molar refractivity (Wildman–Crippen MR) is 116 cm³/mol. The van der Waals surface area contributed by atoms with Gasteiger partial charge in [-0.05, 0) is 46.1 Å². The maximum absolute atomic E-state index is 12.6. The van der Waals surface area contributed by atoms with Crippen LogP contribution in [0.3, 0.4) is 0 Å². The number of halogens is 4. The summed E-state index contributed by atoms with van der Waals surface area (Å²) in [5.74, 6) is 0.656. The first kappa shape index (κ1) is 25.0. The van der Waals surface area contributed by atoms with Crippen molar-refractivity contribution in [3.63, 3.8) is 0 Å². The Bertz CT molecular complexity index is 658. The molecule has 1 aliphatic rings. The normalized spacial score (nSPS) is 19.4. The first-order valence-corrected chi connectivity index (χ1v) is 9.44. The van der Waals surface area contributed by atoms with Gasteiger partial charge in [0.15, 0.2) is 5.96 Å². The first-order valence-electron chi connectivity index (χ1n) is 9.44. The summed E-state index contributed by atoms with van der Waals surface area (Å²) in [5.41, 5.74) is 3.37. The SMILES string of the molecule is CCN=C(NC(C)Cc1c(C)nn(C)c1C)NC1CCN(CC(F)(F)F)C1.I. The summed E-state index contributed by atoms with van der Waals surface area (Å²) in [5, 5.41) is 11.1. The molecule has 2 unspecified atom stereocenters. The van der Waals surface area contributed by atoms with E-state index in [2.05, 4.69) is 34.6 Å². The minimum atomic E-state index is -4.15. The quantitative estimate of drug-likeness (QED) is 0.347. The maximum atomic E-state index is 12.6. The molecule has 0 spiro atoms. The Morgan fingerprint density at radius 2 is 2.04 bits per heavy atom. The van der Waals surface area contributed by atoms with Gasteiger partial charge in [0, 0.05) is 44.5 Å². The third-order valence-corrected chi connectivity index (χ3v) is 4.88. The zero-order valence-corrected chi connectivity index (χ0v) is 19.6. The van der Waals surface area contributed by atoms with Crippen molar-refractivity contribution < 1.29 is 13.2 Å². The lowest BCUT2D eigenvalue weighted by Crippen LogP contribution is -2.48. The van der Waals surface area contributed by atoms with Gasteiger partial charge in [0.2, 0.25) is 0 Å². The number of hydrogen-bond donors (Lipinski definition) is 2. The van der Waals surface area contributed by atoms with Crippen molar-refractivity contribution in [2.45, 2.75) is 58.8 Å². The van der Waals surface area contributed by atoms with Crippen molar-refractivity contribution in [2.75, 3.05) is 26.2 Å². The number of aromatic nitrogens is 2. The van der Waals surface area contributed by atoms with Crippen LogP contribution < -0.4 is 10.6 Å². The van der Waals surface area contributed by atoms with Crippen molar-refractivity contribution in [2.24, 2.45) is 12.0 Å². The number of guanidine groups is 1. The molecule has 1 fully saturated rings. The highest BCUT2D eigenvalue weighted by Gasteiger charge is 2.34. The highest BCUT2D eigenvalue weighted by molar-refractivity contribution is 14.0. The summed E-state index contributed by atoms with van der Waals surface area (Å²) in [4.78, 5) is 5.89. The van der Waals surface area contributed by atoms with E-state index < -0.39 is 12.7 Å². The molecule has 0 radical (unpaired) electrons. The van der Waals surface area contributed by atoms with Crippen LogP contribution in [0.15, 0.2) is 4.99 Å². The van der Waals surface area contributed by atoms with Crippen LogP contribution >= 0.6 is 24.0 Å². The lowest BCUT2D eigenvalue weighted by molar-refractivity contribution is -0.143. The van der Waals surface area contributed by atoms with Crippen LogP contribution in [0.4, 0.5) is 13.2 Å². The molecule has 10 heteroatoms. The van der Waals surface area contributed by atoms with Gasteiger partial charge in [-0.15, -0.1) is 24.0 Å². The number of nitrogens with zero attached hydrogens (tertiary/aromatic N) is 4. The minimum absolute atomic E-state index is 0. The molecule has 1 aromatic heterocycles. The van der Waals surface area contributed by atoms with E-state index in [1.165, 1.54) is 10.5 Å². The molecule has 1 aromatic rings. The molecular formula is C18H32F3IN6. The second kappa shape index (κ2) is 10.7. The number of aliphatic imine (C=N–C) groups is 1. The topological polar surface area (TPSA) is 57.5 Å². The molecule has 0 aromatic carbocycles. The van der Waals surface area contributed by atoms with E-state index in [9.17, 15) is 13.2 Å². The molecule has 2 rings (SSSR count). The van der Waals surface area contributed by atoms with Crippen LogP contribution in [-0.4, -0.2) is 65.1 Å². The molecule has 0 amide bonds. The molecule has 162 valence electrons. The van der Waals surface area contributed by atoms with E-state index in [1.807, 2.05) is 25.6 Å². The van der Waals surface area contributed by atoms with Crippen LogP contribution in [0, 0.1) is 13.8 Å². The second-order valence-electron chi connectivity index (χ2n) is 7.33. The van der Waals surface area contributed by atoms with E-state index in [0.29, 0.717) is 32.0 Å². The highest BCUT2D eigenvalue weighted by atomic mass is 127. The Morgan fingerprint density at radius 3 is 2.57 bits per heavy atom. The van der Waals surface area contributed by atoms with Gasteiger partial charge in [0.25, 0.3) is 0 Å². The predicted octanol–water partition coefficient (Wildman–Crippen LogP) is 2.78. The van der Waals surface area contributed by atoms with Gasteiger partial charge in [0.05, 0.1) is 12.2 Å². The van der Waals surface area contributed by atoms with E-state index in [-0.39, 0.29) is 36.1 Å². The van der Waals surface area contributed by atoms with Gasteiger partial charge in [-0.2, -0.15) is 18.3 Å². The molecule has 1 saturated heterocycles. The number of alkyl halides is 3. The minimum Gasteiger partial charge on any atom is -0.354 e. The summed E-state index contributed by atoms with van der Waals surface area (Å²) >= 11 is 0. The third-order valence-electron chi connectivity index (χ3n) is 4.88. The number of hydrogen-bond acceptors (Lipinski definition) is 3. The van der Waals surface area contributed by atoms with E-state index in [0.717, 1.165) is 17.8 Å². The number of nitrogens with one attached hydrogen (secondary N) is 2. The summed E-state index contributed by atoms with van der Waals surface area (Å²) in [6.07, 6.45) is -2.67. The monoisotopic (exact) mass is 516 g/mol. The summed E-state index contributed by atoms with van der Waals surface area (Å²) < 4.78 is 39.6. The molecule has 0 saturated carbocycles. The molecule has 28 heavy (non-hydrogen) atoms. The highest BCUT2D eigenvalue weighted by Crippen LogP contribution is 2.20. The molecule has 2 atom stereocenters. The summed E-state index contributed by atoms with van der Waals surface area (Å²) in [7, 11) is 1.93. The van der Waals surface area contributed by atoms with Gasteiger partial charge in [0.1, 0.15) is 0 Å². The maximum Gasteiger partial charge on any atom is 0.401 e. The molecular weight excluding hydrogens is 484 g/mol. The van der Waals surface area contributed by atoms with E-state index in [4.69, 9.17) is 0 Å². The van der Waals surface area contributed by atoms with Crippen molar-refractivity contribution >= 4 is 29.9 Å². The lowest BCUT2D eigenvalue weighted by Gasteiger charge is -2.22. The van der Waals surface area contributed by atoms with Gasteiger partial charge in [-0.1, -0.05) is 0 Å². The van der Waals surface area contributed by atoms with Crippen molar-refractivity contribution in [3.8, 4) is 0 Å². The average Bonchev–Trinajstić information content (AvgIpc) is 3.05. The Balaban J connectivity index is 0.00000392. The smallest absolute Gasteiger partial charge is 0.354 e. The number of rotatable bonds is 6. The van der Waals surface area contributed by atoms with Crippen molar-refractivity contribution in [3.05, 3.63) is 17.0 Å². The Labute approximate surface area is 182 Å². The van der Waals surface area contributed by atoms with Gasteiger partial charge < -0.3 is 10.6 Å². The summed E-state index contributed by atoms with van der Waals surface area (Å²) in [6.45, 7) is 8.63. The fourth-order valence-corrected chi connectivity index (χ4v) is 3.54. The molecule has 1 aliphatic heterocycles. The number of aryl methyl sites for hydroxylation is 2. The van der Waals surface area contributed by atoms with Crippen LogP contribution in [0.2, 0.25) is 0 Å². The van der Waals surface area contributed by atoms with Gasteiger partial charge in [-0.3, -0.25) is 14.6 Å². The van der Waals surface area contributed by atoms with Crippen molar-refractivity contribution in [1.82, 2.24) is 25.3 Å². The second-order valence-corrected chi connectivity index (χ2v) is 7.33. The third kappa shape index (κ3) is 7.41. The Hall–Kier alpha value is -1.04. The first-order chi connectivity index (χ1) is 12.6. The molecule has 0 bridgehead atoms. The van der Waals surface area contributed by atoms with Crippen LogP contribution in [0.25, 0.3) is 0 Å². The van der Waals surface area contributed by atoms with Crippen LogP contribution in [-0.2, 0) is 13.5 Å². The zero-order chi connectivity index (χ0) is 20.2. The molecule has 0 aliphatic carbocycles. The molecule has 2 heterocycles. The lowest BCUT2D eigenvalue weighted by atomic mass is 10.1. The fraction of sp³-hybridized carbons (Fsp3) is 0.778. The zero-order valence-electron chi connectivity index (χ0n) is 17.2. The Morgan fingerprint density at radius 1 is 1.36 bits per heavy atom. The molecule has 6 nitrogen and oxygen atoms in total. The van der Waals surface area contributed by atoms with Gasteiger partial charge in [-0.25, -0.2) is 0 Å². The standard InChI is InChI=1S/C18H31F3N6.HI/c1-6-22-17(24-15-7-8-27(10-15)11-18(19,20)21)23-12(2)9-16-13(3)25-26(5)14(16)4;/h12,15H,6-11H2,1-5H3,(H2,22,23,24);1H.